The molecule has 2 aromatic heterocycles. The third-order valence-corrected chi connectivity index (χ3v) is 4.62. The number of aryl methyl sites for hydroxylation is 1. The lowest BCUT2D eigenvalue weighted by molar-refractivity contribution is 0.122. The van der Waals surface area contributed by atoms with Crippen molar-refractivity contribution in [1.29, 1.82) is 0 Å². The molecule has 1 aliphatic heterocycles. The topological polar surface area (TPSA) is 73.1 Å². The average molecular weight is 373 g/mol. The monoisotopic (exact) mass is 373 g/mol. The molecule has 0 amide bonds. The fraction of sp³-hybridized carbons (Fsp3) is 0.333. The Balaban J connectivity index is 2.04. The zero-order valence-corrected chi connectivity index (χ0v) is 14.9. The number of ether oxygens (including phenoxy) is 1. The fourth-order valence-electron chi connectivity index (χ4n) is 3.01. The van der Waals surface area contributed by atoms with Crippen LogP contribution < -0.4 is 10.5 Å². The first kappa shape index (κ1) is 17.5. The molecule has 1 saturated heterocycles. The van der Waals surface area contributed by atoms with E-state index in [1.165, 1.54) is 10.6 Å². The number of fused-ring (bicyclic) bond motifs is 1. The summed E-state index contributed by atoms with van der Waals surface area (Å²) in [6, 6.07) is 3.23. The predicted octanol–water partition coefficient (Wildman–Crippen LogP) is 1.81. The summed E-state index contributed by atoms with van der Waals surface area (Å²) in [5.74, 6) is -0.725. The summed E-state index contributed by atoms with van der Waals surface area (Å²) in [7, 11) is 1.60. The van der Waals surface area contributed by atoms with Crippen LogP contribution in [0.4, 0.5) is 14.7 Å². The van der Waals surface area contributed by atoms with E-state index in [1.807, 2.05) is 4.90 Å². The van der Waals surface area contributed by atoms with Crippen molar-refractivity contribution >= 4 is 17.0 Å². The molecule has 0 unspecified atom stereocenters. The summed E-state index contributed by atoms with van der Waals surface area (Å²) >= 11 is 0. The van der Waals surface area contributed by atoms with Crippen LogP contribution in [0.1, 0.15) is 5.82 Å². The first-order chi connectivity index (χ1) is 13.0. The first-order valence-corrected chi connectivity index (χ1v) is 8.49. The number of rotatable bonds is 2. The molecule has 0 radical (unpaired) electrons. The molecule has 3 aromatic rings. The van der Waals surface area contributed by atoms with Crippen molar-refractivity contribution < 1.29 is 13.5 Å². The third-order valence-electron chi connectivity index (χ3n) is 4.62. The fourth-order valence-corrected chi connectivity index (χ4v) is 3.01. The molecule has 0 saturated carbocycles. The van der Waals surface area contributed by atoms with E-state index in [1.54, 1.807) is 14.0 Å². The Labute approximate surface area is 153 Å². The van der Waals surface area contributed by atoms with Crippen LogP contribution in [0.3, 0.4) is 0 Å². The normalized spacial score (nSPS) is 14.7. The molecule has 0 spiro atoms. The van der Waals surface area contributed by atoms with E-state index in [-0.39, 0.29) is 27.9 Å². The van der Waals surface area contributed by atoms with E-state index in [9.17, 15) is 13.6 Å². The summed E-state index contributed by atoms with van der Waals surface area (Å²) in [4.78, 5) is 27.9. The van der Waals surface area contributed by atoms with Gasteiger partial charge in [0.2, 0.25) is 5.95 Å². The molecule has 27 heavy (non-hydrogen) atoms. The Kier molecular flexibility index (Phi) is 4.31. The Morgan fingerprint density at radius 2 is 1.81 bits per heavy atom. The van der Waals surface area contributed by atoms with Gasteiger partial charge in [0.15, 0.2) is 5.52 Å². The minimum Gasteiger partial charge on any atom is -0.378 e. The number of benzene rings is 1. The number of hydrogen-bond donors (Lipinski definition) is 0. The van der Waals surface area contributed by atoms with Gasteiger partial charge in [-0.25, -0.2) is 23.7 Å². The quantitative estimate of drug-likeness (QED) is 0.682. The van der Waals surface area contributed by atoms with Gasteiger partial charge in [-0.3, -0.25) is 9.36 Å². The lowest BCUT2D eigenvalue weighted by Gasteiger charge is -2.27. The van der Waals surface area contributed by atoms with Gasteiger partial charge in [0.05, 0.1) is 13.2 Å². The van der Waals surface area contributed by atoms with Gasteiger partial charge in [0.25, 0.3) is 5.56 Å². The highest BCUT2D eigenvalue weighted by Gasteiger charge is 2.22. The maximum atomic E-state index is 14.5. The average Bonchev–Trinajstić information content (AvgIpc) is 2.67. The zero-order chi connectivity index (χ0) is 19.1. The number of halogens is 2. The highest BCUT2D eigenvalue weighted by Crippen LogP contribution is 2.28. The lowest BCUT2D eigenvalue weighted by atomic mass is 10.1. The highest BCUT2D eigenvalue weighted by atomic mass is 19.1. The maximum absolute atomic E-state index is 14.5. The molecule has 0 N–H and O–H groups in total. The van der Waals surface area contributed by atoms with E-state index in [2.05, 4.69) is 15.0 Å². The minimum atomic E-state index is -0.775. The Morgan fingerprint density at radius 1 is 1.07 bits per heavy atom. The van der Waals surface area contributed by atoms with Crippen LogP contribution in [0.2, 0.25) is 0 Å². The molecule has 3 heterocycles. The molecule has 1 fully saturated rings. The molecule has 4 rings (SSSR count). The van der Waals surface area contributed by atoms with Crippen LogP contribution in [0.5, 0.6) is 0 Å². The van der Waals surface area contributed by atoms with Crippen LogP contribution in [-0.2, 0) is 11.8 Å². The summed E-state index contributed by atoms with van der Waals surface area (Å²) in [6.45, 7) is 3.78. The van der Waals surface area contributed by atoms with E-state index in [0.29, 0.717) is 38.1 Å². The van der Waals surface area contributed by atoms with Gasteiger partial charge in [0.1, 0.15) is 28.7 Å². The standard InChI is InChI=1S/C18H17F2N5O2/c1-10-21-15-14(12-4-3-11(19)9-13(12)20)22-18(25-5-7-27-8-6-25)23-16(15)17(26)24(10)2/h3-4,9H,5-8H2,1-2H3. The molecular formula is C18H17F2N5O2. The van der Waals surface area contributed by atoms with Gasteiger partial charge >= 0.3 is 0 Å². The van der Waals surface area contributed by atoms with Crippen molar-refractivity contribution in [3.63, 3.8) is 0 Å². The number of aromatic nitrogens is 4. The van der Waals surface area contributed by atoms with Gasteiger partial charge in [-0.15, -0.1) is 0 Å². The van der Waals surface area contributed by atoms with Crippen molar-refractivity contribution in [1.82, 2.24) is 19.5 Å². The van der Waals surface area contributed by atoms with Crippen LogP contribution in [0.25, 0.3) is 22.3 Å². The first-order valence-electron chi connectivity index (χ1n) is 8.49. The van der Waals surface area contributed by atoms with E-state index < -0.39 is 11.6 Å². The van der Waals surface area contributed by atoms with Crippen LogP contribution >= 0.6 is 0 Å². The van der Waals surface area contributed by atoms with Gasteiger partial charge in [-0.1, -0.05) is 0 Å². The molecular weight excluding hydrogens is 356 g/mol. The van der Waals surface area contributed by atoms with Crippen molar-refractivity contribution in [3.05, 3.63) is 46.0 Å². The van der Waals surface area contributed by atoms with Crippen molar-refractivity contribution in [3.8, 4) is 11.3 Å². The van der Waals surface area contributed by atoms with Crippen LogP contribution in [0.15, 0.2) is 23.0 Å². The number of anilines is 1. The summed E-state index contributed by atoms with van der Waals surface area (Å²) in [6.07, 6.45) is 0. The van der Waals surface area contributed by atoms with Gasteiger partial charge in [-0.2, -0.15) is 0 Å². The number of hydrogen-bond acceptors (Lipinski definition) is 6. The maximum Gasteiger partial charge on any atom is 0.279 e. The van der Waals surface area contributed by atoms with Crippen molar-refractivity contribution in [2.75, 3.05) is 31.2 Å². The van der Waals surface area contributed by atoms with Gasteiger partial charge < -0.3 is 9.64 Å². The molecule has 0 bridgehead atoms. The molecule has 0 aliphatic carbocycles. The van der Waals surface area contributed by atoms with E-state index in [4.69, 9.17) is 4.74 Å². The second-order valence-electron chi connectivity index (χ2n) is 6.32. The zero-order valence-electron chi connectivity index (χ0n) is 14.9. The summed E-state index contributed by atoms with van der Waals surface area (Å²) in [5.41, 5.74) is 0.174. The molecule has 1 aromatic carbocycles. The Morgan fingerprint density at radius 3 is 2.52 bits per heavy atom. The Hall–Kier alpha value is -2.94. The van der Waals surface area contributed by atoms with Gasteiger partial charge in [0, 0.05) is 31.8 Å². The van der Waals surface area contributed by atoms with Gasteiger partial charge in [-0.05, 0) is 19.1 Å². The highest BCUT2D eigenvalue weighted by molar-refractivity contribution is 5.89. The second kappa shape index (κ2) is 6.66. The van der Waals surface area contributed by atoms with Crippen LogP contribution in [0, 0.1) is 18.6 Å². The van der Waals surface area contributed by atoms with E-state index >= 15 is 0 Å². The van der Waals surface area contributed by atoms with Crippen molar-refractivity contribution in [2.45, 2.75) is 6.92 Å². The largest absolute Gasteiger partial charge is 0.378 e. The van der Waals surface area contributed by atoms with Crippen LogP contribution in [-0.4, -0.2) is 45.8 Å². The summed E-state index contributed by atoms with van der Waals surface area (Å²) < 4.78 is 34.6. The molecule has 7 nitrogen and oxygen atoms in total. The number of nitrogens with zero attached hydrogens (tertiary/aromatic N) is 5. The smallest absolute Gasteiger partial charge is 0.279 e. The van der Waals surface area contributed by atoms with Crippen molar-refractivity contribution in [2.24, 2.45) is 7.05 Å². The lowest BCUT2D eigenvalue weighted by Crippen LogP contribution is -2.37. The third kappa shape index (κ3) is 3.03. The molecule has 9 heteroatoms. The molecule has 1 aliphatic rings. The SMILES string of the molecule is Cc1nc2c(-c3ccc(F)cc3F)nc(N3CCOCC3)nc2c(=O)n1C. The van der Waals surface area contributed by atoms with E-state index in [0.717, 1.165) is 12.1 Å². The summed E-state index contributed by atoms with van der Waals surface area (Å²) in [5, 5.41) is 0. The predicted molar refractivity (Wildman–Crippen MR) is 95.7 cm³/mol. The number of morpholine rings is 1. The molecule has 0 atom stereocenters. The second-order valence-corrected chi connectivity index (χ2v) is 6.32. The Bertz CT molecular complexity index is 1090. The molecule has 140 valence electrons. The minimum absolute atomic E-state index is 0.0680.